The van der Waals surface area contributed by atoms with Crippen LogP contribution in [-0.4, -0.2) is 68.5 Å². The zero-order valence-corrected chi connectivity index (χ0v) is 33.7. The number of phenols is 1. The molecule has 0 bridgehead atoms. The lowest BCUT2D eigenvalue weighted by Crippen LogP contribution is -2.54. The maximum atomic E-state index is 13.3. The van der Waals surface area contributed by atoms with E-state index in [0.717, 1.165) is 58.7 Å². The van der Waals surface area contributed by atoms with Gasteiger partial charge in [0, 0.05) is 30.6 Å². The minimum atomic E-state index is -1.09. The lowest BCUT2D eigenvalue weighted by atomic mass is 9.97. The number of aromatic nitrogens is 2. The summed E-state index contributed by atoms with van der Waals surface area (Å²) >= 11 is 6.34. The molecule has 0 radical (unpaired) electrons. The van der Waals surface area contributed by atoms with E-state index in [1.165, 1.54) is 17.7 Å². The van der Waals surface area contributed by atoms with Gasteiger partial charge < -0.3 is 19.9 Å². The normalized spacial score (nSPS) is 15.0. The number of unbranched alkanes of at least 4 members (excludes halogenated alkanes) is 2. The molecule has 5 amide bonds. The van der Waals surface area contributed by atoms with Crippen molar-refractivity contribution in [3.8, 4) is 39.6 Å². The summed E-state index contributed by atoms with van der Waals surface area (Å²) in [5.41, 5.74) is 6.77. The number of aromatic hydroxyl groups is 1. The Hall–Kier alpha value is -6.47. The van der Waals surface area contributed by atoms with Crippen LogP contribution in [0.5, 0.6) is 17.2 Å². The quantitative estimate of drug-likeness (QED) is 0.0777. The molecule has 1 aromatic heterocycles. The second-order valence-electron chi connectivity index (χ2n) is 14.8. The van der Waals surface area contributed by atoms with E-state index >= 15 is 0 Å². The Labute approximate surface area is 346 Å². The topological polar surface area (TPSA) is 169 Å². The van der Waals surface area contributed by atoms with Crippen molar-refractivity contribution >= 4 is 41.1 Å². The number of nitrogens with zero attached hydrogens (tertiary/aromatic N) is 3. The smallest absolute Gasteiger partial charge is 0.266 e. The molecule has 1 saturated heterocycles. The molecule has 1 fully saturated rings. The molecule has 59 heavy (non-hydrogen) atoms. The number of amides is 5. The third-order valence-electron chi connectivity index (χ3n) is 10.5. The van der Waals surface area contributed by atoms with Gasteiger partial charge in [-0.05, 0) is 104 Å². The number of piperidine rings is 1. The minimum Gasteiger partial charge on any atom is -0.506 e. The molecule has 0 aliphatic carbocycles. The van der Waals surface area contributed by atoms with Gasteiger partial charge in [-0.25, -0.2) is 0 Å². The second-order valence-corrected chi connectivity index (χ2v) is 15.2. The highest BCUT2D eigenvalue weighted by Crippen LogP contribution is 2.45. The Morgan fingerprint density at radius 3 is 2.37 bits per heavy atom. The monoisotopic (exact) mass is 817 g/mol. The van der Waals surface area contributed by atoms with Gasteiger partial charge in [0.1, 0.15) is 29.9 Å². The van der Waals surface area contributed by atoms with Crippen molar-refractivity contribution in [2.45, 2.75) is 65.0 Å². The second kappa shape index (κ2) is 17.6. The zero-order valence-electron chi connectivity index (χ0n) is 33.0. The summed E-state index contributed by atoms with van der Waals surface area (Å²) in [5, 5.41) is 21.7. The largest absolute Gasteiger partial charge is 0.506 e. The Bertz CT molecular complexity index is 2460. The molecule has 2 aliphatic rings. The van der Waals surface area contributed by atoms with Crippen LogP contribution in [0.25, 0.3) is 22.4 Å². The highest BCUT2D eigenvalue weighted by molar-refractivity contribution is 6.31. The van der Waals surface area contributed by atoms with Gasteiger partial charge in [-0.1, -0.05) is 54.4 Å². The van der Waals surface area contributed by atoms with Crippen LogP contribution in [0.15, 0.2) is 78.9 Å². The molecule has 14 heteroatoms. The number of benzene rings is 4. The van der Waals surface area contributed by atoms with Crippen molar-refractivity contribution in [1.82, 2.24) is 25.3 Å². The number of nitrogens with one attached hydrogen (secondary N) is 2. The van der Waals surface area contributed by atoms with Gasteiger partial charge in [-0.2, -0.15) is 5.10 Å². The third-order valence-corrected chi connectivity index (χ3v) is 11.0. The summed E-state index contributed by atoms with van der Waals surface area (Å²) < 4.78 is 13.7. The number of phenolic OH excluding ortho intramolecular Hbond substituents is 1. The fourth-order valence-electron chi connectivity index (χ4n) is 7.46. The van der Waals surface area contributed by atoms with Crippen LogP contribution in [0.2, 0.25) is 5.02 Å². The van der Waals surface area contributed by atoms with Crippen LogP contribution >= 0.6 is 11.6 Å². The van der Waals surface area contributed by atoms with E-state index in [2.05, 4.69) is 27.9 Å². The summed E-state index contributed by atoms with van der Waals surface area (Å²) in [6.07, 6.45) is 3.49. The Morgan fingerprint density at radius 2 is 1.64 bits per heavy atom. The number of hydrogen-bond acceptors (Lipinski definition) is 9. The summed E-state index contributed by atoms with van der Waals surface area (Å²) in [6, 6.07) is 22.9. The fourth-order valence-corrected chi connectivity index (χ4v) is 7.58. The molecule has 304 valence electrons. The number of carbonyl (C=O) groups excluding carboxylic acids is 5. The predicted octanol–water partition coefficient (Wildman–Crippen LogP) is 6.62. The summed E-state index contributed by atoms with van der Waals surface area (Å²) in [5.74, 6) is -2.14. The molecule has 7 rings (SSSR count). The lowest BCUT2D eigenvalue weighted by molar-refractivity contribution is -0.136. The summed E-state index contributed by atoms with van der Waals surface area (Å²) in [6.45, 7) is 4.23. The molecular formula is C45H44ClN5O8. The van der Waals surface area contributed by atoms with Crippen molar-refractivity contribution < 1.29 is 38.6 Å². The maximum Gasteiger partial charge on any atom is 0.266 e. The highest BCUT2D eigenvalue weighted by Gasteiger charge is 2.46. The van der Waals surface area contributed by atoms with Crippen molar-refractivity contribution in [2.75, 3.05) is 13.2 Å². The van der Waals surface area contributed by atoms with Crippen LogP contribution in [-0.2, 0) is 34.5 Å². The van der Waals surface area contributed by atoms with Gasteiger partial charge in [0.15, 0.2) is 6.61 Å². The fraction of sp³-hybridized carbons (Fsp3) is 0.289. The van der Waals surface area contributed by atoms with Gasteiger partial charge in [0.25, 0.3) is 17.7 Å². The maximum absolute atomic E-state index is 13.3. The SMILES string of the molecule is Cc1cc(-c2ccc(OCc3ccc(CCCCCNC(=O)COc4cccc5c4C(=O)N(C4CCC(=O)NC4=O)C5=O)cc3)c(-c3ccc(Cl)c(C)c3)c2O)n(C)n1. The van der Waals surface area contributed by atoms with Crippen LogP contribution in [0.3, 0.4) is 0 Å². The van der Waals surface area contributed by atoms with Crippen molar-refractivity contribution in [3.05, 3.63) is 117 Å². The number of fused-ring (bicyclic) bond motifs is 1. The van der Waals surface area contributed by atoms with Crippen LogP contribution in [0.1, 0.15) is 75.2 Å². The van der Waals surface area contributed by atoms with E-state index in [0.29, 0.717) is 35.1 Å². The van der Waals surface area contributed by atoms with Crippen LogP contribution in [0, 0.1) is 13.8 Å². The Balaban J connectivity index is 0.866. The van der Waals surface area contributed by atoms with Gasteiger partial charge in [-0.3, -0.25) is 38.9 Å². The first-order valence-electron chi connectivity index (χ1n) is 19.5. The van der Waals surface area contributed by atoms with Gasteiger partial charge in [0.2, 0.25) is 11.8 Å². The van der Waals surface area contributed by atoms with E-state index in [-0.39, 0.29) is 48.0 Å². The molecule has 3 heterocycles. The molecule has 2 aliphatic heterocycles. The average molecular weight is 818 g/mol. The van der Waals surface area contributed by atoms with E-state index < -0.39 is 29.7 Å². The van der Waals surface area contributed by atoms with Gasteiger partial charge in [0.05, 0.1) is 28.1 Å². The van der Waals surface area contributed by atoms with E-state index in [1.54, 1.807) is 10.7 Å². The Morgan fingerprint density at radius 1 is 0.881 bits per heavy atom. The first kappa shape index (κ1) is 40.7. The highest BCUT2D eigenvalue weighted by atomic mass is 35.5. The van der Waals surface area contributed by atoms with Crippen molar-refractivity contribution in [2.24, 2.45) is 7.05 Å². The third kappa shape index (κ3) is 8.85. The number of halogens is 1. The van der Waals surface area contributed by atoms with Crippen molar-refractivity contribution in [1.29, 1.82) is 0 Å². The van der Waals surface area contributed by atoms with Gasteiger partial charge >= 0.3 is 0 Å². The van der Waals surface area contributed by atoms with Crippen molar-refractivity contribution in [3.63, 3.8) is 0 Å². The first-order chi connectivity index (χ1) is 28.4. The number of ether oxygens (including phenoxy) is 2. The first-order valence-corrected chi connectivity index (χ1v) is 19.9. The molecule has 13 nitrogen and oxygen atoms in total. The average Bonchev–Trinajstić information content (AvgIpc) is 3.68. The van der Waals surface area contributed by atoms with Gasteiger partial charge in [-0.15, -0.1) is 0 Å². The van der Waals surface area contributed by atoms with E-state index in [4.69, 9.17) is 21.1 Å². The van der Waals surface area contributed by atoms with E-state index in [9.17, 15) is 29.1 Å². The number of imide groups is 2. The Kier molecular flexibility index (Phi) is 12.1. The lowest BCUT2D eigenvalue weighted by Gasteiger charge is -2.27. The molecule has 0 saturated carbocycles. The standard InChI is InChI=1S/C45H44ClN5O8/c1-26-22-30(15-17-33(26)46)40-37(19-16-31(42(40)54)35-23-27(2)49-50(35)3)58-24-29-13-11-28(12-14-29)8-5-4-6-21-47-39(53)25-59-36-10-7-9-32-41(36)45(57)51(44(32)56)34-18-20-38(52)48-43(34)55/h7,9-17,19,22-23,34,54H,4-6,8,18,20-21,24-25H2,1-3H3,(H,47,53)(H,48,52,55). The number of aryl methyl sites for hydroxylation is 4. The van der Waals surface area contributed by atoms with Crippen LogP contribution in [0.4, 0.5) is 0 Å². The molecule has 0 spiro atoms. The zero-order chi connectivity index (χ0) is 41.8. The molecule has 4 aromatic carbocycles. The molecular weight excluding hydrogens is 774 g/mol. The van der Waals surface area contributed by atoms with Crippen LogP contribution < -0.4 is 20.1 Å². The minimum absolute atomic E-state index is 0.00356. The number of carbonyl (C=O) groups is 5. The van der Waals surface area contributed by atoms with E-state index in [1.807, 2.05) is 69.4 Å². The summed E-state index contributed by atoms with van der Waals surface area (Å²) in [4.78, 5) is 63.7. The number of rotatable bonds is 15. The predicted molar refractivity (Wildman–Crippen MR) is 220 cm³/mol. The molecule has 3 N–H and O–H groups in total. The molecule has 1 unspecified atom stereocenters. The summed E-state index contributed by atoms with van der Waals surface area (Å²) in [7, 11) is 1.85. The number of hydrogen-bond donors (Lipinski definition) is 3. The molecule has 1 atom stereocenters. The molecule has 5 aromatic rings.